The number of hydrogen-bond donors (Lipinski definition) is 1. The SMILES string of the molecule is COc1ccc(-c2nc(Cl)[nH]c2C)cc1C(C)C. The van der Waals surface area contributed by atoms with Crippen LogP contribution in [-0.2, 0) is 0 Å². The summed E-state index contributed by atoms with van der Waals surface area (Å²) in [4.78, 5) is 7.31. The molecule has 0 saturated carbocycles. The van der Waals surface area contributed by atoms with Gasteiger partial charge in [0, 0.05) is 11.3 Å². The molecule has 0 spiro atoms. The number of rotatable bonds is 3. The van der Waals surface area contributed by atoms with Crippen molar-refractivity contribution in [3.63, 3.8) is 0 Å². The van der Waals surface area contributed by atoms with E-state index in [1.165, 1.54) is 5.56 Å². The minimum Gasteiger partial charge on any atom is -0.496 e. The molecule has 2 aromatic rings. The molecular weight excluding hydrogens is 248 g/mol. The van der Waals surface area contributed by atoms with Gasteiger partial charge in [0.2, 0.25) is 5.28 Å². The van der Waals surface area contributed by atoms with Crippen LogP contribution in [0.25, 0.3) is 11.3 Å². The van der Waals surface area contributed by atoms with Gasteiger partial charge in [-0.25, -0.2) is 4.98 Å². The van der Waals surface area contributed by atoms with Crippen LogP contribution in [0.1, 0.15) is 31.0 Å². The van der Waals surface area contributed by atoms with Crippen molar-refractivity contribution in [3.05, 3.63) is 34.7 Å². The van der Waals surface area contributed by atoms with E-state index in [0.717, 1.165) is 22.7 Å². The van der Waals surface area contributed by atoms with Crippen molar-refractivity contribution in [1.82, 2.24) is 9.97 Å². The number of imidazole rings is 1. The zero-order valence-corrected chi connectivity index (χ0v) is 11.8. The van der Waals surface area contributed by atoms with E-state index >= 15 is 0 Å². The third kappa shape index (κ3) is 2.36. The van der Waals surface area contributed by atoms with Crippen molar-refractivity contribution < 1.29 is 4.74 Å². The van der Waals surface area contributed by atoms with E-state index in [-0.39, 0.29) is 0 Å². The molecule has 0 aliphatic rings. The average Bonchev–Trinajstić information content (AvgIpc) is 2.67. The predicted molar refractivity (Wildman–Crippen MR) is 74.4 cm³/mol. The van der Waals surface area contributed by atoms with Gasteiger partial charge in [-0.15, -0.1) is 0 Å². The third-order valence-electron chi connectivity index (χ3n) is 2.98. The molecule has 0 amide bonds. The molecule has 1 heterocycles. The maximum absolute atomic E-state index is 5.89. The molecule has 0 atom stereocenters. The largest absolute Gasteiger partial charge is 0.496 e. The monoisotopic (exact) mass is 264 g/mol. The maximum atomic E-state index is 5.89. The van der Waals surface area contributed by atoms with Gasteiger partial charge < -0.3 is 9.72 Å². The molecule has 3 nitrogen and oxygen atoms in total. The Balaban J connectivity index is 2.53. The summed E-state index contributed by atoms with van der Waals surface area (Å²) in [5.74, 6) is 1.31. The van der Waals surface area contributed by atoms with Gasteiger partial charge in [0.1, 0.15) is 5.75 Å². The number of nitrogens with zero attached hydrogens (tertiary/aromatic N) is 1. The van der Waals surface area contributed by atoms with Crippen LogP contribution in [0.3, 0.4) is 0 Å². The second-order valence-electron chi connectivity index (χ2n) is 4.61. The maximum Gasteiger partial charge on any atom is 0.200 e. The highest BCUT2D eigenvalue weighted by Gasteiger charge is 2.12. The zero-order chi connectivity index (χ0) is 13.3. The second-order valence-corrected chi connectivity index (χ2v) is 4.97. The topological polar surface area (TPSA) is 37.9 Å². The molecule has 2 rings (SSSR count). The summed E-state index contributed by atoms with van der Waals surface area (Å²) in [5.41, 5.74) is 4.10. The number of benzene rings is 1. The molecule has 4 heteroatoms. The summed E-state index contributed by atoms with van der Waals surface area (Å²) in [7, 11) is 1.69. The second kappa shape index (κ2) is 5.02. The van der Waals surface area contributed by atoms with Gasteiger partial charge in [0.15, 0.2) is 0 Å². The van der Waals surface area contributed by atoms with Crippen molar-refractivity contribution in [2.24, 2.45) is 0 Å². The minimum absolute atomic E-state index is 0.398. The van der Waals surface area contributed by atoms with Crippen LogP contribution in [0.4, 0.5) is 0 Å². The van der Waals surface area contributed by atoms with E-state index in [4.69, 9.17) is 16.3 Å². The number of H-pyrrole nitrogens is 1. The lowest BCUT2D eigenvalue weighted by molar-refractivity contribution is 0.407. The lowest BCUT2D eigenvalue weighted by atomic mass is 9.98. The molecule has 0 unspecified atom stereocenters. The zero-order valence-electron chi connectivity index (χ0n) is 11.0. The number of methoxy groups -OCH3 is 1. The van der Waals surface area contributed by atoms with E-state index in [9.17, 15) is 0 Å². The van der Waals surface area contributed by atoms with Crippen molar-refractivity contribution in [2.45, 2.75) is 26.7 Å². The van der Waals surface area contributed by atoms with Crippen molar-refractivity contribution in [2.75, 3.05) is 7.11 Å². The Bertz CT molecular complexity index is 561. The molecule has 0 saturated heterocycles. The molecule has 1 aromatic carbocycles. The number of aryl methyl sites for hydroxylation is 1. The quantitative estimate of drug-likeness (QED) is 0.903. The van der Waals surface area contributed by atoms with Crippen molar-refractivity contribution in [1.29, 1.82) is 0 Å². The van der Waals surface area contributed by atoms with E-state index in [2.05, 4.69) is 29.9 Å². The number of aromatic nitrogens is 2. The van der Waals surface area contributed by atoms with Gasteiger partial charge in [-0.1, -0.05) is 13.8 Å². The number of nitrogens with one attached hydrogen (secondary N) is 1. The normalized spacial score (nSPS) is 11.0. The Labute approximate surface area is 112 Å². The first-order valence-electron chi connectivity index (χ1n) is 5.93. The number of aromatic amines is 1. The molecular formula is C14H17ClN2O. The highest BCUT2D eigenvalue weighted by molar-refractivity contribution is 6.28. The Morgan fingerprint density at radius 2 is 2.06 bits per heavy atom. The first-order chi connectivity index (χ1) is 8.52. The molecule has 1 aromatic heterocycles. The van der Waals surface area contributed by atoms with E-state index in [1.54, 1.807) is 7.11 Å². The summed E-state index contributed by atoms with van der Waals surface area (Å²) in [6, 6.07) is 6.10. The van der Waals surface area contributed by atoms with Crippen LogP contribution in [0, 0.1) is 6.92 Å². The van der Waals surface area contributed by atoms with E-state index in [0.29, 0.717) is 11.2 Å². The number of halogens is 1. The Kier molecular flexibility index (Phi) is 3.62. The molecule has 18 heavy (non-hydrogen) atoms. The molecule has 0 bridgehead atoms. The fourth-order valence-corrected chi connectivity index (χ4v) is 2.26. The first kappa shape index (κ1) is 13.0. The fourth-order valence-electron chi connectivity index (χ4n) is 2.04. The summed E-state index contributed by atoms with van der Waals surface area (Å²) in [5, 5.41) is 0.421. The van der Waals surface area contributed by atoms with E-state index < -0.39 is 0 Å². The molecule has 0 aliphatic heterocycles. The minimum atomic E-state index is 0.398. The third-order valence-corrected chi connectivity index (χ3v) is 3.16. The molecule has 1 N–H and O–H groups in total. The lowest BCUT2D eigenvalue weighted by Crippen LogP contribution is -1.95. The van der Waals surface area contributed by atoms with Gasteiger partial charge in [-0.2, -0.15) is 0 Å². The highest BCUT2D eigenvalue weighted by Crippen LogP contribution is 2.32. The molecule has 0 radical (unpaired) electrons. The van der Waals surface area contributed by atoms with Crippen LogP contribution in [0.2, 0.25) is 5.28 Å². The predicted octanol–water partition coefficient (Wildman–Crippen LogP) is 4.17. The fraction of sp³-hybridized carbons (Fsp3) is 0.357. The van der Waals surface area contributed by atoms with Crippen LogP contribution in [-0.4, -0.2) is 17.1 Å². The van der Waals surface area contributed by atoms with Crippen LogP contribution in [0.5, 0.6) is 5.75 Å². The first-order valence-corrected chi connectivity index (χ1v) is 6.31. The lowest BCUT2D eigenvalue weighted by Gasteiger charge is -2.13. The average molecular weight is 265 g/mol. The van der Waals surface area contributed by atoms with Crippen molar-refractivity contribution in [3.8, 4) is 17.0 Å². The number of ether oxygens (including phenoxy) is 1. The van der Waals surface area contributed by atoms with Gasteiger partial charge in [0.25, 0.3) is 0 Å². The van der Waals surface area contributed by atoms with Crippen LogP contribution >= 0.6 is 11.6 Å². The molecule has 0 fully saturated rings. The van der Waals surface area contributed by atoms with Gasteiger partial charge in [-0.3, -0.25) is 0 Å². The standard InChI is InChI=1S/C14H17ClN2O/c1-8(2)11-7-10(5-6-12(11)18-4)13-9(3)16-14(15)17-13/h5-8H,1-4H3,(H,16,17). The van der Waals surface area contributed by atoms with Gasteiger partial charge in [-0.05, 0) is 48.2 Å². The Morgan fingerprint density at radius 3 is 2.56 bits per heavy atom. The Hall–Kier alpha value is -1.48. The summed E-state index contributed by atoms with van der Waals surface area (Å²) < 4.78 is 5.38. The Morgan fingerprint density at radius 1 is 1.33 bits per heavy atom. The van der Waals surface area contributed by atoms with Crippen LogP contribution in [0.15, 0.2) is 18.2 Å². The highest BCUT2D eigenvalue weighted by atomic mass is 35.5. The van der Waals surface area contributed by atoms with Gasteiger partial charge >= 0.3 is 0 Å². The summed E-state index contributed by atoms with van der Waals surface area (Å²) in [6.07, 6.45) is 0. The summed E-state index contributed by atoms with van der Waals surface area (Å²) >= 11 is 5.89. The molecule has 0 aliphatic carbocycles. The smallest absolute Gasteiger partial charge is 0.200 e. The molecule has 96 valence electrons. The van der Waals surface area contributed by atoms with Crippen molar-refractivity contribution >= 4 is 11.6 Å². The summed E-state index contributed by atoms with van der Waals surface area (Å²) in [6.45, 7) is 6.26. The number of hydrogen-bond acceptors (Lipinski definition) is 2. The van der Waals surface area contributed by atoms with Crippen LogP contribution < -0.4 is 4.74 Å². The van der Waals surface area contributed by atoms with E-state index in [1.807, 2.05) is 19.1 Å². The van der Waals surface area contributed by atoms with Gasteiger partial charge in [0.05, 0.1) is 12.8 Å².